The minimum absolute atomic E-state index is 0.0949. The number of nitrogens with one attached hydrogen (secondary N) is 1. The van der Waals surface area contributed by atoms with Crippen LogP contribution in [0.2, 0.25) is 0 Å². The highest BCUT2D eigenvalue weighted by Gasteiger charge is 2.34. The van der Waals surface area contributed by atoms with Crippen LogP contribution in [0.5, 0.6) is 0 Å². The van der Waals surface area contributed by atoms with Crippen molar-refractivity contribution in [3.63, 3.8) is 0 Å². The fourth-order valence-electron chi connectivity index (χ4n) is 5.46. The summed E-state index contributed by atoms with van der Waals surface area (Å²) >= 11 is 0. The Morgan fingerprint density at radius 3 is 2.17 bits per heavy atom. The number of aryl methyl sites for hydroxylation is 4. The lowest BCUT2D eigenvalue weighted by molar-refractivity contribution is -0.139. The van der Waals surface area contributed by atoms with E-state index in [-0.39, 0.29) is 23.4 Å². The SMILES string of the molecule is Cc1ccc(S(=O)(=O)N(CC(=O)N(Cc2ccccc2C)C(C)C(=O)NC2CCCCC2)c2cc(C)ccc2C)cc1. The molecule has 1 fully saturated rings. The van der Waals surface area contributed by atoms with Crippen molar-refractivity contribution in [1.29, 1.82) is 0 Å². The van der Waals surface area contributed by atoms with Gasteiger partial charge in [0.1, 0.15) is 12.6 Å². The van der Waals surface area contributed by atoms with Crippen molar-refractivity contribution in [1.82, 2.24) is 10.2 Å². The smallest absolute Gasteiger partial charge is 0.264 e. The zero-order chi connectivity index (χ0) is 30.4. The Morgan fingerprint density at radius 1 is 0.857 bits per heavy atom. The highest BCUT2D eigenvalue weighted by molar-refractivity contribution is 7.92. The molecule has 1 atom stereocenters. The Labute approximate surface area is 251 Å². The molecule has 0 radical (unpaired) electrons. The van der Waals surface area contributed by atoms with Crippen molar-refractivity contribution in [2.45, 2.75) is 90.2 Å². The molecule has 4 rings (SSSR count). The van der Waals surface area contributed by atoms with Crippen molar-refractivity contribution in [2.75, 3.05) is 10.8 Å². The Bertz CT molecular complexity index is 1510. The standard InChI is InChI=1S/C34H43N3O4S/c1-24-16-19-31(20-17-24)42(40,41)37(32-21-25(2)15-18-27(32)4)23-33(38)36(22-29-12-10-9-11-26(29)3)28(5)34(39)35-30-13-7-6-8-14-30/h9-12,15-21,28,30H,6-8,13-14,22-23H2,1-5H3,(H,35,39). The lowest BCUT2D eigenvalue weighted by Gasteiger charge is -2.34. The summed E-state index contributed by atoms with van der Waals surface area (Å²) in [6, 6.07) is 19.2. The van der Waals surface area contributed by atoms with Crippen LogP contribution in [0.25, 0.3) is 0 Å². The van der Waals surface area contributed by atoms with E-state index in [4.69, 9.17) is 0 Å². The molecule has 1 N–H and O–H groups in total. The first-order chi connectivity index (χ1) is 20.0. The number of anilines is 1. The maximum absolute atomic E-state index is 14.2. The molecule has 1 unspecified atom stereocenters. The Hall–Kier alpha value is -3.65. The molecule has 7 nitrogen and oxygen atoms in total. The zero-order valence-corrected chi connectivity index (χ0v) is 26.2. The van der Waals surface area contributed by atoms with Crippen LogP contribution in [0.1, 0.15) is 66.8 Å². The van der Waals surface area contributed by atoms with Crippen LogP contribution in [0.4, 0.5) is 5.69 Å². The summed E-state index contributed by atoms with van der Waals surface area (Å²) in [4.78, 5) is 29.4. The molecular weight excluding hydrogens is 546 g/mol. The van der Waals surface area contributed by atoms with Crippen LogP contribution in [0.3, 0.4) is 0 Å². The summed E-state index contributed by atoms with van der Waals surface area (Å²) in [5.74, 6) is -0.662. The second-order valence-corrected chi connectivity index (χ2v) is 13.4. The van der Waals surface area contributed by atoms with Crippen LogP contribution in [-0.2, 0) is 26.2 Å². The first-order valence-electron chi connectivity index (χ1n) is 14.8. The molecule has 0 saturated heterocycles. The minimum atomic E-state index is -4.10. The normalized spacial score (nSPS) is 14.7. The molecule has 0 aliphatic heterocycles. The fourth-order valence-corrected chi connectivity index (χ4v) is 6.93. The lowest BCUT2D eigenvalue weighted by Crippen LogP contribution is -2.53. The summed E-state index contributed by atoms with van der Waals surface area (Å²) in [6.45, 7) is 9.07. The quantitative estimate of drug-likeness (QED) is 0.315. The number of hydrogen-bond donors (Lipinski definition) is 1. The third-order valence-corrected chi connectivity index (χ3v) is 10.0. The van der Waals surface area contributed by atoms with E-state index >= 15 is 0 Å². The third-order valence-electron chi connectivity index (χ3n) is 8.24. The van der Waals surface area contributed by atoms with Gasteiger partial charge in [-0.1, -0.05) is 73.4 Å². The number of amides is 2. The first kappa shape index (κ1) is 31.3. The van der Waals surface area contributed by atoms with Gasteiger partial charge in [-0.3, -0.25) is 13.9 Å². The molecule has 1 aliphatic carbocycles. The number of carbonyl (C=O) groups is 2. The molecular formula is C34H43N3O4S. The van der Waals surface area contributed by atoms with E-state index in [9.17, 15) is 18.0 Å². The van der Waals surface area contributed by atoms with Gasteiger partial charge in [0, 0.05) is 12.6 Å². The Balaban J connectivity index is 1.72. The molecule has 42 heavy (non-hydrogen) atoms. The van der Waals surface area contributed by atoms with Gasteiger partial charge in [-0.25, -0.2) is 8.42 Å². The number of sulfonamides is 1. The van der Waals surface area contributed by atoms with Gasteiger partial charge >= 0.3 is 0 Å². The highest BCUT2D eigenvalue weighted by atomic mass is 32.2. The van der Waals surface area contributed by atoms with Gasteiger partial charge in [-0.2, -0.15) is 0 Å². The van der Waals surface area contributed by atoms with Crippen molar-refractivity contribution in [3.05, 3.63) is 94.5 Å². The van der Waals surface area contributed by atoms with E-state index in [1.165, 1.54) is 15.6 Å². The summed E-state index contributed by atoms with van der Waals surface area (Å²) in [5.41, 5.74) is 4.89. The molecule has 0 bridgehead atoms. The van der Waals surface area contributed by atoms with Crippen molar-refractivity contribution < 1.29 is 18.0 Å². The van der Waals surface area contributed by atoms with Gasteiger partial charge in [0.15, 0.2) is 0 Å². The number of rotatable bonds is 10. The predicted molar refractivity (Wildman–Crippen MR) is 168 cm³/mol. The van der Waals surface area contributed by atoms with Crippen molar-refractivity contribution in [3.8, 4) is 0 Å². The van der Waals surface area contributed by atoms with E-state index < -0.39 is 28.5 Å². The lowest BCUT2D eigenvalue weighted by atomic mass is 9.95. The molecule has 0 heterocycles. The molecule has 1 saturated carbocycles. The van der Waals surface area contributed by atoms with Crippen LogP contribution in [0.15, 0.2) is 71.6 Å². The van der Waals surface area contributed by atoms with Gasteiger partial charge in [0.05, 0.1) is 10.6 Å². The predicted octanol–water partition coefficient (Wildman–Crippen LogP) is 5.98. The summed E-state index contributed by atoms with van der Waals surface area (Å²) < 4.78 is 29.4. The van der Waals surface area contributed by atoms with E-state index in [2.05, 4.69) is 5.32 Å². The topological polar surface area (TPSA) is 86.8 Å². The summed E-state index contributed by atoms with van der Waals surface area (Å²) in [7, 11) is -4.10. The molecule has 0 spiro atoms. The van der Waals surface area contributed by atoms with E-state index in [0.29, 0.717) is 5.69 Å². The van der Waals surface area contributed by atoms with E-state index in [0.717, 1.165) is 53.5 Å². The average Bonchev–Trinajstić information content (AvgIpc) is 2.97. The largest absolute Gasteiger partial charge is 0.352 e. The van der Waals surface area contributed by atoms with Gasteiger partial charge in [0.25, 0.3) is 10.0 Å². The second-order valence-electron chi connectivity index (χ2n) is 11.6. The third kappa shape index (κ3) is 7.40. The molecule has 1 aliphatic rings. The van der Waals surface area contributed by atoms with Gasteiger partial charge < -0.3 is 10.2 Å². The molecule has 3 aromatic rings. The van der Waals surface area contributed by atoms with Crippen LogP contribution in [-0.4, -0.2) is 43.8 Å². The van der Waals surface area contributed by atoms with Crippen LogP contribution in [0, 0.1) is 27.7 Å². The van der Waals surface area contributed by atoms with Crippen molar-refractivity contribution >= 4 is 27.5 Å². The molecule has 3 aromatic carbocycles. The number of nitrogens with zero attached hydrogens (tertiary/aromatic N) is 2. The first-order valence-corrected chi connectivity index (χ1v) is 16.2. The molecule has 8 heteroatoms. The highest BCUT2D eigenvalue weighted by Crippen LogP contribution is 2.29. The molecule has 0 aromatic heterocycles. The summed E-state index contributed by atoms with van der Waals surface area (Å²) in [6.07, 6.45) is 5.18. The maximum atomic E-state index is 14.2. The number of hydrogen-bond acceptors (Lipinski definition) is 4. The molecule has 224 valence electrons. The minimum Gasteiger partial charge on any atom is -0.352 e. The van der Waals surface area contributed by atoms with Gasteiger partial charge in [0.2, 0.25) is 11.8 Å². The number of benzene rings is 3. The zero-order valence-electron chi connectivity index (χ0n) is 25.4. The van der Waals surface area contributed by atoms with Crippen LogP contribution < -0.4 is 9.62 Å². The number of carbonyl (C=O) groups excluding carboxylic acids is 2. The fraction of sp³-hybridized carbons (Fsp3) is 0.412. The maximum Gasteiger partial charge on any atom is 0.264 e. The Kier molecular flexibility index (Phi) is 10.1. The molecule has 2 amide bonds. The van der Waals surface area contributed by atoms with Gasteiger partial charge in [-0.05, 0) is 87.9 Å². The second kappa shape index (κ2) is 13.6. The van der Waals surface area contributed by atoms with Crippen molar-refractivity contribution in [2.24, 2.45) is 0 Å². The van der Waals surface area contributed by atoms with E-state index in [1.54, 1.807) is 37.3 Å². The van der Waals surface area contributed by atoms with Crippen LogP contribution >= 0.6 is 0 Å². The average molecular weight is 590 g/mol. The van der Waals surface area contributed by atoms with Gasteiger partial charge in [-0.15, -0.1) is 0 Å². The van der Waals surface area contributed by atoms with E-state index in [1.807, 2.05) is 64.1 Å². The summed E-state index contributed by atoms with van der Waals surface area (Å²) in [5, 5.41) is 3.15. The monoisotopic (exact) mass is 589 g/mol. The Morgan fingerprint density at radius 2 is 1.50 bits per heavy atom.